The topological polar surface area (TPSA) is 38.3 Å². The maximum Gasteiger partial charge on any atom is 0.263 e. The largest absolute Gasteiger partial charge is 0.478 e. The van der Waals surface area contributed by atoms with Crippen molar-refractivity contribution in [3.05, 3.63) is 101 Å². The van der Waals surface area contributed by atoms with E-state index in [0.717, 1.165) is 11.1 Å². The van der Waals surface area contributed by atoms with Gasteiger partial charge in [-0.05, 0) is 55.2 Å². The first kappa shape index (κ1) is 22.8. The Balaban J connectivity index is 1.75. The lowest BCUT2D eigenvalue weighted by molar-refractivity contribution is -0.134. The van der Waals surface area contributed by atoms with Crippen LogP contribution in [0.3, 0.4) is 0 Å². The van der Waals surface area contributed by atoms with Gasteiger partial charge in [-0.2, -0.15) is 0 Å². The molecule has 0 aliphatic rings. The molecule has 0 aliphatic carbocycles. The van der Waals surface area contributed by atoms with E-state index < -0.39 is 11.4 Å². The van der Waals surface area contributed by atoms with E-state index in [1.165, 1.54) is 12.1 Å². The standard InChI is InChI=1S/C26H27ClFNO2/c1-18(19-12-14-21(27)15-13-19)24(20-8-5-4-6-9-20)17-29-25(30)26(2,3)31-23-11-7-10-22(28)16-23/h4-16,18,24H,17H2,1-3H3,(H,29,30). The first-order valence-corrected chi connectivity index (χ1v) is 10.7. The van der Waals surface area contributed by atoms with Crippen molar-refractivity contribution >= 4 is 17.5 Å². The van der Waals surface area contributed by atoms with Crippen molar-refractivity contribution in [1.29, 1.82) is 0 Å². The van der Waals surface area contributed by atoms with Crippen LogP contribution < -0.4 is 10.1 Å². The Hall–Kier alpha value is -2.85. The molecule has 0 fully saturated rings. The van der Waals surface area contributed by atoms with E-state index in [9.17, 15) is 9.18 Å². The van der Waals surface area contributed by atoms with Crippen LogP contribution in [0.1, 0.15) is 43.7 Å². The molecule has 0 saturated heterocycles. The monoisotopic (exact) mass is 439 g/mol. The van der Waals surface area contributed by atoms with Gasteiger partial charge < -0.3 is 10.1 Å². The Bertz CT molecular complexity index is 1010. The zero-order chi connectivity index (χ0) is 22.4. The van der Waals surface area contributed by atoms with Crippen molar-refractivity contribution in [2.24, 2.45) is 0 Å². The summed E-state index contributed by atoms with van der Waals surface area (Å²) in [5, 5.41) is 3.73. The summed E-state index contributed by atoms with van der Waals surface area (Å²) in [4.78, 5) is 12.9. The molecule has 2 atom stereocenters. The third-order valence-corrected chi connectivity index (χ3v) is 5.68. The lowest BCUT2D eigenvalue weighted by atomic mass is 9.82. The van der Waals surface area contributed by atoms with Gasteiger partial charge in [-0.3, -0.25) is 4.79 Å². The zero-order valence-electron chi connectivity index (χ0n) is 17.9. The summed E-state index contributed by atoms with van der Waals surface area (Å²) < 4.78 is 19.2. The van der Waals surface area contributed by atoms with Gasteiger partial charge in [-0.25, -0.2) is 4.39 Å². The minimum absolute atomic E-state index is 0.0521. The quantitative estimate of drug-likeness (QED) is 0.444. The van der Waals surface area contributed by atoms with Crippen LogP contribution >= 0.6 is 11.6 Å². The first-order chi connectivity index (χ1) is 14.8. The first-order valence-electron chi connectivity index (χ1n) is 10.3. The SMILES string of the molecule is CC(c1ccc(Cl)cc1)C(CNC(=O)C(C)(C)Oc1cccc(F)c1)c1ccccc1. The normalized spacial score (nSPS) is 13.3. The molecule has 0 saturated carbocycles. The fourth-order valence-corrected chi connectivity index (χ4v) is 3.70. The highest BCUT2D eigenvalue weighted by atomic mass is 35.5. The lowest BCUT2D eigenvalue weighted by Crippen LogP contribution is -2.47. The molecule has 0 spiro atoms. The summed E-state index contributed by atoms with van der Waals surface area (Å²) in [6, 6.07) is 23.7. The van der Waals surface area contributed by atoms with Crippen molar-refractivity contribution in [3.8, 4) is 5.75 Å². The van der Waals surface area contributed by atoms with Crippen LogP contribution in [-0.4, -0.2) is 18.1 Å². The van der Waals surface area contributed by atoms with Crippen LogP contribution in [0, 0.1) is 5.82 Å². The van der Waals surface area contributed by atoms with Crippen LogP contribution in [0.5, 0.6) is 5.75 Å². The van der Waals surface area contributed by atoms with Gasteiger partial charge in [0.2, 0.25) is 0 Å². The minimum Gasteiger partial charge on any atom is -0.478 e. The van der Waals surface area contributed by atoms with Gasteiger partial charge in [0.25, 0.3) is 5.91 Å². The van der Waals surface area contributed by atoms with E-state index in [-0.39, 0.29) is 17.7 Å². The molecule has 5 heteroatoms. The van der Waals surface area contributed by atoms with E-state index in [0.29, 0.717) is 17.3 Å². The number of rotatable bonds is 8. The van der Waals surface area contributed by atoms with Crippen molar-refractivity contribution < 1.29 is 13.9 Å². The Morgan fingerprint density at radius 3 is 2.32 bits per heavy atom. The second-order valence-corrected chi connectivity index (χ2v) is 8.57. The second kappa shape index (κ2) is 9.97. The number of amides is 1. The molecule has 1 N–H and O–H groups in total. The summed E-state index contributed by atoms with van der Waals surface area (Å²) in [5.41, 5.74) is 1.12. The molecule has 0 aliphatic heterocycles. The summed E-state index contributed by atoms with van der Waals surface area (Å²) in [6.07, 6.45) is 0. The van der Waals surface area contributed by atoms with E-state index in [1.807, 2.05) is 42.5 Å². The van der Waals surface area contributed by atoms with Crippen molar-refractivity contribution in [2.75, 3.05) is 6.54 Å². The second-order valence-electron chi connectivity index (χ2n) is 8.14. The average molecular weight is 440 g/mol. The highest BCUT2D eigenvalue weighted by Crippen LogP contribution is 2.33. The Labute approximate surface area is 188 Å². The molecule has 0 bridgehead atoms. The molecular formula is C26H27ClFNO2. The summed E-state index contributed by atoms with van der Waals surface area (Å²) in [5.74, 6) is -0.159. The molecule has 3 nitrogen and oxygen atoms in total. The number of nitrogens with one attached hydrogen (secondary N) is 1. The molecule has 3 aromatic rings. The maximum atomic E-state index is 13.5. The summed E-state index contributed by atoms with van der Waals surface area (Å²) in [7, 11) is 0. The molecule has 0 aromatic heterocycles. The Kier molecular flexibility index (Phi) is 7.34. The third kappa shape index (κ3) is 6.08. The van der Waals surface area contributed by atoms with Crippen LogP contribution in [-0.2, 0) is 4.79 Å². The molecule has 0 heterocycles. The molecular weight excluding hydrogens is 413 g/mol. The molecule has 31 heavy (non-hydrogen) atoms. The molecule has 2 unspecified atom stereocenters. The Morgan fingerprint density at radius 1 is 1.00 bits per heavy atom. The Morgan fingerprint density at radius 2 is 1.68 bits per heavy atom. The van der Waals surface area contributed by atoms with Gasteiger partial charge in [0.05, 0.1) is 0 Å². The van der Waals surface area contributed by atoms with E-state index in [4.69, 9.17) is 16.3 Å². The van der Waals surface area contributed by atoms with E-state index >= 15 is 0 Å². The number of halogens is 2. The van der Waals surface area contributed by atoms with Crippen LogP contribution in [0.2, 0.25) is 5.02 Å². The predicted molar refractivity (Wildman–Crippen MR) is 123 cm³/mol. The van der Waals surface area contributed by atoms with Crippen LogP contribution in [0.15, 0.2) is 78.9 Å². The third-order valence-electron chi connectivity index (χ3n) is 5.43. The van der Waals surface area contributed by atoms with E-state index in [1.54, 1.807) is 26.0 Å². The molecule has 162 valence electrons. The number of ether oxygens (including phenoxy) is 1. The summed E-state index contributed by atoms with van der Waals surface area (Å²) in [6.45, 7) is 5.92. The zero-order valence-corrected chi connectivity index (χ0v) is 18.7. The average Bonchev–Trinajstić information content (AvgIpc) is 2.74. The molecule has 3 rings (SSSR count). The van der Waals surface area contributed by atoms with E-state index in [2.05, 4.69) is 24.4 Å². The van der Waals surface area contributed by atoms with Gasteiger partial charge in [0.1, 0.15) is 11.6 Å². The van der Waals surface area contributed by atoms with Crippen LogP contribution in [0.4, 0.5) is 4.39 Å². The van der Waals surface area contributed by atoms with Crippen molar-refractivity contribution in [2.45, 2.75) is 38.2 Å². The number of hydrogen-bond donors (Lipinski definition) is 1. The van der Waals surface area contributed by atoms with Gasteiger partial charge in [0.15, 0.2) is 5.60 Å². The van der Waals surface area contributed by atoms with Gasteiger partial charge in [-0.1, -0.05) is 67.1 Å². The fraction of sp³-hybridized carbons (Fsp3) is 0.269. The predicted octanol–water partition coefficient (Wildman–Crippen LogP) is 6.34. The number of benzene rings is 3. The molecule has 3 aromatic carbocycles. The van der Waals surface area contributed by atoms with Gasteiger partial charge in [-0.15, -0.1) is 0 Å². The molecule has 0 radical (unpaired) electrons. The number of carbonyl (C=O) groups excluding carboxylic acids is 1. The van der Waals surface area contributed by atoms with Crippen molar-refractivity contribution in [1.82, 2.24) is 5.32 Å². The minimum atomic E-state index is -1.15. The maximum absolute atomic E-state index is 13.5. The van der Waals surface area contributed by atoms with Crippen molar-refractivity contribution in [3.63, 3.8) is 0 Å². The summed E-state index contributed by atoms with van der Waals surface area (Å²) >= 11 is 6.05. The number of hydrogen-bond acceptors (Lipinski definition) is 2. The van der Waals surface area contributed by atoms with Crippen LogP contribution in [0.25, 0.3) is 0 Å². The smallest absolute Gasteiger partial charge is 0.263 e. The van der Waals surface area contributed by atoms with Gasteiger partial charge in [0, 0.05) is 23.6 Å². The molecule has 1 amide bonds. The highest BCUT2D eigenvalue weighted by molar-refractivity contribution is 6.30. The van der Waals surface area contributed by atoms with Gasteiger partial charge >= 0.3 is 0 Å². The lowest BCUT2D eigenvalue weighted by Gasteiger charge is -2.29. The highest BCUT2D eigenvalue weighted by Gasteiger charge is 2.31. The number of carbonyl (C=O) groups is 1. The fourth-order valence-electron chi connectivity index (χ4n) is 3.57.